The molecule has 12 nitrogen and oxygen atoms in total. The minimum atomic E-state index is -0.949. The minimum absolute atomic E-state index is 0.0240. The van der Waals surface area contributed by atoms with Crippen LogP contribution in [0.2, 0.25) is 0 Å². The molecule has 2 fully saturated rings. The van der Waals surface area contributed by atoms with Gasteiger partial charge >= 0.3 is 11.9 Å². The first kappa shape index (κ1) is 28.8. The van der Waals surface area contributed by atoms with Gasteiger partial charge in [0.1, 0.15) is 18.4 Å². The van der Waals surface area contributed by atoms with E-state index >= 15 is 0 Å². The molecule has 2 saturated heterocycles. The Kier molecular flexibility index (Phi) is 6.73. The number of phenols is 1. The molecule has 1 N–H and O–H groups in total. The summed E-state index contributed by atoms with van der Waals surface area (Å²) < 4.78 is 29.0. The van der Waals surface area contributed by atoms with E-state index in [1.54, 1.807) is 6.92 Å². The fourth-order valence-corrected chi connectivity index (χ4v) is 9.23. The number of thioether (sulfide) groups is 1. The Morgan fingerprint density at radius 3 is 2.59 bits per heavy atom. The average molecular weight is 622 g/mol. The lowest BCUT2D eigenvalue weighted by molar-refractivity contribution is -0.157. The van der Waals surface area contributed by atoms with Gasteiger partial charge in [0.15, 0.2) is 23.0 Å². The van der Waals surface area contributed by atoms with E-state index in [1.165, 1.54) is 25.8 Å². The Labute approximate surface area is 257 Å². The van der Waals surface area contributed by atoms with E-state index in [1.807, 2.05) is 20.0 Å². The van der Waals surface area contributed by atoms with E-state index in [9.17, 15) is 24.8 Å². The minimum Gasteiger partial charge on any atom is -0.504 e. The number of Topliss-reactive ketones (excluding diaryl/α,β-unsaturated/α-hetero) is 1. The summed E-state index contributed by atoms with van der Waals surface area (Å²) in [5.74, 6) is -0.855. The van der Waals surface area contributed by atoms with Crippen molar-refractivity contribution in [2.75, 3.05) is 33.3 Å². The Morgan fingerprint density at radius 2 is 1.89 bits per heavy atom. The van der Waals surface area contributed by atoms with E-state index < -0.39 is 47.1 Å². The highest BCUT2D eigenvalue weighted by atomic mass is 32.2. The van der Waals surface area contributed by atoms with Crippen LogP contribution in [0.25, 0.3) is 0 Å². The van der Waals surface area contributed by atoms with Crippen molar-refractivity contribution in [1.29, 1.82) is 5.26 Å². The topological polar surface area (TPSA) is 148 Å². The maximum absolute atomic E-state index is 12.9. The molecule has 5 aliphatic heterocycles. The fourth-order valence-electron chi connectivity index (χ4n) is 7.90. The normalized spacial score (nSPS) is 28.7. The van der Waals surface area contributed by atoms with E-state index in [-0.39, 0.29) is 30.9 Å². The summed E-state index contributed by atoms with van der Waals surface area (Å²) in [7, 11) is 3.45. The summed E-state index contributed by atoms with van der Waals surface area (Å²) in [6.45, 7) is 4.65. The van der Waals surface area contributed by atoms with Gasteiger partial charge in [-0.2, -0.15) is 5.26 Å². The molecule has 44 heavy (non-hydrogen) atoms. The van der Waals surface area contributed by atoms with Crippen molar-refractivity contribution >= 4 is 29.5 Å². The molecule has 2 aromatic rings. The van der Waals surface area contributed by atoms with E-state index in [2.05, 4.69) is 15.9 Å². The molecule has 230 valence electrons. The number of nitrogens with zero attached hydrogens (tertiary/aromatic N) is 3. The number of fused-ring (bicyclic) bond motifs is 9. The second kappa shape index (κ2) is 10.3. The van der Waals surface area contributed by atoms with Crippen LogP contribution < -0.4 is 18.9 Å². The molecule has 0 aliphatic carbocycles. The molecular formula is C31H31N3O9S. The zero-order chi connectivity index (χ0) is 31.2. The van der Waals surface area contributed by atoms with Crippen LogP contribution in [0.4, 0.5) is 0 Å². The standard InChI is InChI=1S/C31H31N3O9S/c1-12-6-15-7-16-17(8-32)34-18-9-40-31(38)19(36)10-44-30(24(34)23(33(16)4)20(15)25(37)26(12)39-5)22-21(18)29-28(41-11-42-29)13(2)27(22)43-14(3)35/h6,16-18,23-24,30,37H,7,9-11H2,1-5H3/t16?,17-,18-,23-,24+,30+/m0/s1. The lowest BCUT2D eigenvalue weighted by Gasteiger charge is -2.61. The van der Waals surface area contributed by atoms with Gasteiger partial charge < -0.3 is 28.8 Å². The SMILES string of the molecule is COc1c(C)cc2c(c1O)[C@H]1[C@@H]3[C@@H]4SCC(=O)C(=O)OC[C@@H](c5c6c(c(C)c(OC(C)=O)c54)OCO6)N3[C@@H](C#N)C(C2)N1C. The Hall–Kier alpha value is -3.99. The number of cyclic esters (lactones) is 1. The smallest absolute Gasteiger partial charge is 0.375 e. The summed E-state index contributed by atoms with van der Waals surface area (Å²) in [5, 5.41) is 21.9. The number of ether oxygens (including phenoxy) is 5. The summed E-state index contributed by atoms with van der Waals surface area (Å²) in [4.78, 5) is 42.3. The van der Waals surface area contributed by atoms with Gasteiger partial charge in [0.2, 0.25) is 12.6 Å². The van der Waals surface area contributed by atoms with Gasteiger partial charge in [-0.1, -0.05) is 6.07 Å². The second-order valence-corrected chi connectivity index (χ2v) is 12.9. The fraction of sp³-hybridized carbons (Fsp3) is 0.484. The van der Waals surface area contributed by atoms with E-state index in [4.69, 9.17) is 23.7 Å². The lowest BCUT2D eigenvalue weighted by Crippen LogP contribution is -2.69. The number of ketones is 1. The Morgan fingerprint density at radius 1 is 1.14 bits per heavy atom. The molecule has 5 heterocycles. The van der Waals surface area contributed by atoms with Gasteiger partial charge in [-0.15, -0.1) is 11.8 Å². The highest BCUT2D eigenvalue weighted by molar-refractivity contribution is 8.00. The van der Waals surface area contributed by atoms with Crippen LogP contribution in [-0.4, -0.2) is 84.1 Å². The number of nitriles is 1. The molecule has 0 amide bonds. The number of methoxy groups -OCH3 is 1. The summed E-state index contributed by atoms with van der Waals surface area (Å²) in [6.07, 6.45) is 0.488. The third-order valence-corrected chi connectivity index (χ3v) is 10.8. The zero-order valence-electron chi connectivity index (χ0n) is 24.8. The number of likely N-dealkylation sites (N-methyl/N-ethyl adjacent to an activating group) is 1. The van der Waals surface area contributed by atoms with Crippen molar-refractivity contribution in [1.82, 2.24) is 9.80 Å². The number of carbonyl (C=O) groups excluding carboxylic acids is 3. The third kappa shape index (κ3) is 3.87. The van der Waals surface area contributed by atoms with Crippen molar-refractivity contribution in [3.63, 3.8) is 0 Å². The first-order chi connectivity index (χ1) is 21.1. The van der Waals surface area contributed by atoms with E-state index in [0.29, 0.717) is 51.7 Å². The summed E-state index contributed by atoms with van der Waals surface area (Å²) in [6, 6.07) is 1.81. The van der Waals surface area contributed by atoms with Gasteiger partial charge in [-0.05, 0) is 38.4 Å². The number of phenolic OH excluding ortho intramolecular Hbond substituents is 1. The predicted molar refractivity (Wildman–Crippen MR) is 155 cm³/mol. The molecule has 13 heteroatoms. The van der Waals surface area contributed by atoms with Gasteiger partial charge in [0.25, 0.3) is 0 Å². The van der Waals surface area contributed by atoms with Crippen LogP contribution in [0.15, 0.2) is 6.07 Å². The van der Waals surface area contributed by atoms with Crippen LogP contribution in [-0.2, 0) is 25.5 Å². The van der Waals surface area contributed by atoms with Crippen molar-refractivity contribution in [3.8, 4) is 34.8 Å². The van der Waals surface area contributed by atoms with Crippen LogP contribution in [0.3, 0.4) is 0 Å². The summed E-state index contributed by atoms with van der Waals surface area (Å²) in [5.41, 5.74) is 4.16. The van der Waals surface area contributed by atoms with Crippen LogP contribution in [0, 0.1) is 25.2 Å². The molecule has 0 spiro atoms. The number of hydrogen-bond acceptors (Lipinski definition) is 13. The number of hydrogen-bond donors (Lipinski definition) is 1. The number of carbonyl (C=O) groups is 3. The molecule has 4 bridgehead atoms. The maximum Gasteiger partial charge on any atom is 0.375 e. The maximum atomic E-state index is 12.9. The van der Waals surface area contributed by atoms with Crippen LogP contribution >= 0.6 is 11.8 Å². The number of aryl methyl sites for hydroxylation is 1. The highest BCUT2D eigenvalue weighted by Crippen LogP contribution is 2.63. The molecule has 2 aromatic carbocycles. The Bertz CT molecular complexity index is 1690. The van der Waals surface area contributed by atoms with Gasteiger partial charge in [0.05, 0.1) is 36.3 Å². The van der Waals surface area contributed by atoms with Gasteiger partial charge in [0, 0.05) is 41.3 Å². The monoisotopic (exact) mass is 621 g/mol. The van der Waals surface area contributed by atoms with Crippen molar-refractivity contribution < 1.29 is 43.2 Å². The first-order valence-corrected chi connectivity index (χ1v) is 15.4. The number of piperazine rings is 1. The van der Waals surface area contributed by atoms with Crippen molar-refractivity contribution in [2.24, 2.45) is 0 Å². The first-order valence-electron chi connectivity index (χ1n) is 14.3. The third-order valence-electron chi connectivity index (χ3n) is 9.54. The molecular weight excluding hydrogens is 590 g/mol. The molecule has 7 rings (SSSR count). The molecule has 0 saturated carbocycles. The Balaban J connectivity index is 1.57. The van der Waals surface area contributed by atoms with E-state index in [0.717, 1.165) is 11.1 Å². The van der Waals surface area contributed by atoms with Gasteiger partial charge in [-0.25, -0.2) is 4.79 Å². The molecule has 6 atom stereocenters. The lowest BCUT2D eigenvalue weighted by atomic mass is 9.71. The summed E-state index contributed by atoms with van der Waals surface area (Å²) >= 11 is 1.22. The predicted octanol–water partition coefficient (Wildman–Crippen LogP) is 2.80. The largest absolute Gasteiger partial charge is 0.504 e. The van der Waals surface area contributed by atoms with Crippen molar-refractivity contribution in [2.45, 2.75) is 62.7 Å². The number of aromatic hydroxyl groups is 1. The molecule has 5 aliphatic rings. The van der Waals surface area contributed by atoms with Crippen LogP contribution in [0.5, 0.6) is 28.7 Å². The number of benzene rings is 2. The van der Waals surface area contributed by atoms with Gasteiger partial charge in [-0.3, -0.25) is 19.4 Å². The number of rotatable bonds is 2. The molecule has 0 aromatic heterocycles. The average Bonchev–Trinajstić information content (AvgIpc) is 3.47. The molecule has 0 radical (unpaired) electrons. The highest BCUT2D eigenvalue weighted by Gasteiger charge is 2.60. The second-order valence-electron chi connectivity index (χ2n) is 11.8. The zero-order valence-corrected chi connectivity index (χ0v) is 25.6. The quantitative estimate of drug-likeness (QED) is 0.298. The van der Waals surface area contributed by atoms with Crippen LogP contribution in [0.1, 0.15) is 57.6 Å². The molecule has 1 unspecified atom stereocenters. The van der Waals surface area contributed by atoms with Crippen molar-refractivity contribution in [3.05, 3.63) is 39.4 Å². The number of esters is 2.